The van der Waals surface area contributed by atoms with E-state index in [9.17, 15) is 0 Å². The second-order valence-corrected chi connectivity index (χ2v) is 3.54. The van der Waals surface area contributed by atoms with Crippen LogP contribution < -0.4 is 4.74 Å². The third-order valence-electron chi connectivity index (χ3n) is 2.29. The average molecular weight is 232 g/mol. The SMILES string of the molecule is CC.COc1ccc(Cn2cnc(C)c2)cc1. The molecule has 0 saturated carbocycles. The van der Waals surface area contributed by atoms with Gasteiger partial charge in [0.15, 0.2) is 0 Å². The Kier molecular flexibility index (Phi) is 5.27. The number of rotatable bonds is 3. The van der Waals surface area contributed by atoms with Crippen molar-refractivity contribution in [1.29, 1.82) is 0 Å². The van der Waals surface area contributed by atoms with Crippen LogP contribution in [-0.4, -0.2) is 16.7 Å². The van der Waals surface area contributed by atoms with Crippen LogP contribution in [0.15, 0.2) is 36.8 Å². The zero-order chi connectivity index (χ0) is 12.7. The molecule has 2 aromatic rings. The Balaban J connectivity index is 0.000000686. The van der Waals surface area contributed by atoms with Crippen molar-refractivity contribution in [2.45, 2.75) is 27.3 Å². The molecular weight excluding hydrogens is 212 g/mol. The van der Waals surface area contributed by atoms with Crippen molar-refractivity contribution in [1.82, 2.24) is 9.55 Å². The molecule has 92 valence electrons. The van der Waals surface area contributed by atoms with Crippen molar-refractivity contribution in [2.75, 3.05) is 7.11 Å². The molecule has 0 aliphatic heterocycles. The first-order chi connectivity index (χ1) is 8.28. The van der Waals surface area contributed by atoms with Crippen LogP contribution in [0.4, 0.5) is 0 Å². The second kappa shape index (κ2) is 6.74. The molecule has 0 atom stereocenters. The Labute approximate surface area is 103 Å². The van der Waals surface area contributed by atoms with Crippen molar-refractivity contribution >= 4 is 0 Å². The Morgan fingerprint density at radius 3 is 2.29 bits per heavy atom. The van der Waals surface area contributed by atoms with Gasteiger partial charge in [-0.2, -0.15) is 0 Å². The van der Waals surface area contributed by atoms with Crippen LogP contribution in [-0.2, 0) is 6.54 Å². The van der Waals surface area contributed by atoms with Crippen LogP contribution in [0.1, 0.15) is 25.1 Å². The van der Waals surface area contributed by atoms with Gasteiger partial charge in [-0.25, -0.2) is 4.98 Å². The lowest BCUT2D eigenvalue weighted by atomic mass is 10.2. The lowest BCUT2D eigenvalue weighted by Crippen LogP contribution is -1.96. The van der Waals surface area contributed by atoms with Crippen molar-refractivity contribution in [2.24, 2.45) is 0 Å². The molecule has 1 aromatic carbocycles. The van der Waals surface area contributed by atoms with E-state index in [0.29, 0.717) is 0 Å². The fraction of sp³-hybridized carbons (Fsp3) is 0.357. The topological polar surface area (TPSA) is 27.1 Å². The van der Waals surface area contributed by atoms with E-state index in [1.807, 2.05) is 45.4 Å². The summed E-state index contributed by atoms with van der Waals surface area (Å²) in [6, 6.07) is 8.07. The summed E-state index contributed by atoms with van der Waals surface area (Å²) >= 11 is 0. The number of ether oxygens (including phenoxy) is 1. The third-order valence-corrected chi connectivity index (χ3v) is 2.29. The Morgan fingerprint density at radius 1 is 1.18 bits per heavy atom. The number of imidazole rings is 1. The summed E-state index contributed by atoms with van der Waals surface area (Å²) in [6.07, 6.45) is 3.88. The van der Waals surface area contributed by atoms with Crippen LogP contribution in [0, 0.1) is 6.92 Å². The molecule has 3 nitrogen and oxygen atoms in total. The molecule has 0 saturated heterocycles. The number of benzene rings is 1. The van der Waals surface area contributed by atoms with Gasteiger partial charge in [-0.05, 0) is 24.6 Å². The van der Waals surface area contributed by atoms with E-state index in [2.05, 4.69) is 21.7 Å². The van der Waals surface area contributed by atoms with Crippen molar-refractivity contribution < 1.29 is 4.74 Å². The first kappa shape index (κ1) is 13.3. The van der Waals surface area contributed by atoms with E-state index in [1.165, 1.54) is 5.56 Å². The summed E-state index contributed by atoms with van der Waals surface area (Å²) in [5, 5.41) is 0. The Bertz CT molecular complexity index is 432. The molecule has 0 aliphatic carbocycles. The molecule has 0 bridgehead atoms. The minimum atomic E-state index is 0.852. The summed E-state index contributed by atoms with van der Waals surface area (Å²) in [4.78, 5) is 4.18. The first-order valence-corrected chi connectivity index (χ1v) is 5.89. The number of nitrogens with zero attached hydrogens (tertiary/aromatic N) is 2. The molecule has 0 spiro atoms. The van der Waals surface area contributed by atoms with Gasteiger partial charge in [0.1, 0.15) is 5.75 Å². The van der Waals surface area contributed by atoms with Crippen LogP contribution in [0.25, 0.3) is 0 Å². The van der Waals surface area contributed by atoms with Crippen LogP contribution >= 0.6 is 0 Å². The highest BCUT2D eigenvalue weighted by Gasteiger charge is 1.97. The number of aromatic nitrogens is 2. The smallest absolute Gasteiger partial charge is 0.118 e. The lowest BCUT2D eigenvalue weighted by Gasteiger charge is -2.03. The molecule has 0 radical (unpaired) electrons. The van der Waals surface area contributed by atoms with Crippen molar-refractivity contribution in [3.05, 3.63) is 48.0 Å². The van der Waals surface area contributed by atoms with E-state index in [1.54, 1.807) is 7.11 Å². The summed E-state index contributed by atoms with van der Waals surface area (Å²) in [7, 11) is 1.67. The minimum absolute atomic E-state index is 0.852. The molecule has 0 N–H and O–H groups in total. The standard InChI is InChI=1S/C12H14N2O.C2H6/c1-10-7-14(9-13-10)8-11-3-5-12(15-2)6-4-11;1-2/h3-7,9H,8H2,1-2H3;1-2H3. The van der Waals surface area contributed by atoms with Gasteiger partial charge in [-0.3, -0.25) is 0 Å². The zero-order valence-corrected chi connectivity index (χ0v) is 11.0. The largest absolute Gasteiger partial charge is 0.497 e. The fourth-order valence-corrected chi connectivity index (χ4v) is 1.50. The maximum atomic E-state index is 5.10. The summed E-state index contributed by atoms with van der Waals surface area (Å²) < 4.78 is 7.17. The number of aryl methyl sites for hydroxylation is 1. The van der Waals surface area contributed by atoms with E-state index in [-0.39, 0.29) is 0 Å². The zero-order valence-electron chi connectivity index (χ0n) is 11.0. The quantitative estimate of drug-likeness (QED) is 0.812. The predicted molar refractivity (Wildman–Crippen MR) is 70.4 cm³/mol. The third kappa shape index (κ3) is 3.94. The highest BCUT2D eigenvalue weighted by Crippen LogP contribution is 2.12. The van der Waals surface area contributed by atoms with Gasteiger partial charge in [-0.15, -0.1) is 0 Å². The molecule has 17 heavy (non-hydrogen) atoms. The van der Waals surface area contributed by atoms with Gasteiger partial charge >= 0.3 is 0 Å². The van der Waals surface area contributed by atoms with Gasteiger partial charge in [0.25, 0.3) is 0 Å². The number of hydrogen-bond acceptors (Lipinski definition) is 2. The molecule has 0 aliphatic rings. The van der Waals surface area contributed by atoms with E-state index in [4.69, 9.17) is 4.74 Å². The number of hydrogen-bond donors (Lipinski definition) is 0. The molecule has 2 rings (SSSR count). The monoisotopic (exact) mass is 232 g/mol. The van der Waals surface area contributed by atoms with Crippen molar-refractivity contribution in [3.8, 4) is 5.75 Å². The first-order valence-electron chi connectivity index (χ1n) is 5.89. The molecule has 3 heteroatoms. The molecule has 0 amide bonds. The van der Waals surface area contributed by atoms with Crippen LogP contribution in [0.5, 0.6) is 5.75 Å². The Hall–Kier alpha value is -1.77. The lowest BCUT2D eigenvalue weighted by molar-refractivity contribution is 0.414. The molecule has 0 unspecified atom stereocenters. The van der Waals surface area contributed by atoms with Crippen LogP contribution in [0.3, 0.4) is 0 Å². The molecule has 1 heterocycles. The highest BCUT2D eigenvalue weighted by molar-refractivity contribution is 5.27. The summed E-state index contributed by atoms with van der Waals surface area (Å²) in [6.45, 7) is 6.84. The molecular formula is C14H20N2O. The van der Waals surface area contributed by atoms with Gasteiger partial charge in [-0.1, -0.05) is 26.0 Å². The van der Waals surface area contributed by atoms with E-state index < -0.39 is 0 Å². The highest BCUT2D eigenvalue weighted by atomic mass is 16.5. The molecule has 1 aromatic heterocycles. The molecule has 0 fully saturated rings. The average Bonchev–Trinajstić information content (AvgIpc) is 2.78. The summed E-state index contributed by atoms with van der Waals surface area (Å²) in [5.41, 5.74) is 2.29. The fourth-order valence-electron chi connectivity index (χ4n) is 1.50. The van der Waals surface area contributed by atoms with E-state index in [0.717, 1.165) is 18.0 Å². The normalized spacial score (nSPS) is 9.41. The Morgan fingerprint density at radius 2 is 1.82 bits per heavy atom. The van der Waals surface area contributed by atoms with Crippen molar-refractivity contribution in [3.63, 3.8) is 0 Å². The van der Waals surface area contributed by atoms with Gasteiger partial charge in [0.05, 0.1) is 19.1 Å². The maximum Gasteiger partial charge on any atom is 0.118 e. The number of methoxy groups -OCH3 is 1. The van der Waals surface area contributed by atoms with E-state index >= 15 is 0 Å². The van der Waals surface area contributed by atoms with Crippen LogP contribution in [0.2, 0.25) is 0 Å². The van der Waals surface area contributed by atoms with Gasteiger partial charge in [0.2, 0.25) is 0 Å². The minimum Gasteiger partial charge on any atom is -0.497 e. The predicted octanol–water partition coefficient (Wildman–Crippen LogP) is 3.27. The van der Waals surface area contributed by atoms with Gasteiger partial charge < -0.3 is 9.30 Å². The maximum absolute atomic E-state index is 5.10. The van der Waals surface area contributed by atoms with Gasteiger partial charge in [0, 0.05) is 12.7 Å². The summed E-state index contributed by atoms with van der Waals surface area (Å²) in [5.74, 6) is 0.889. The second-order valence-electron chi connectivity index (χ2n) is 3.54.